The SMILES string of the molecule is N#Cc1ccc(CC(=O)N2CCN(CCc3ccc([N+](=O)[O-])cc3)CC2)cc1. The molecule has 1 saturated heterocycles. The molecule has 2 aromatic rings. The largest absolute Gasteiger partial charge is 0.340 e. The normalized spacial score (nSPS) is 14.5. The second kappa shape index (κ2) is 9.11. The highest BCUT2D eigenvalue weighted by atomic mass is 16.6. The third-order valence-electron chi connectivity index (χ3n) is 5.03. The first-order valence-electron chi connectivity index (χ1n) is 9.27. The maximum Gasteiger partial charge on any atom is 0.269 e. The van der Waals surface area contributed by atoms with Crippen LogP contribution in [-0.4, -0.2) is 53.4 Å². The van der Waals surface area contributed by atoms with Gasteiger partial charge in [-0.05, 0) is 29.7 Å². The predicted octanol–water partition coefficient (Wildman–Crippen LogP) is 2.40. The summed E-state index contributed by atoms with van der Waals surface area (Å²) < 4.78 is 0. The van der Waals surface area contributed by atoms with Gasteiger partial charge in [0.25, 0.3) is 5.69 Å². The van der Waals surface area contributed by atoms with E-state index in [1.54, 1.807) is 24.3 Å². The lowest BCUT2D eigenvalue weighted by Crippen LogP contribution is -2.49. The molecule has 0 radical (unpaired) electrons. The van der Waals surface area contributed by atoms with E-state index in [-0.39, 0.29) is 11.6 Å². The summed E-state index contributed by atoms with van der Waals surface area (Å²) in [6.45, 7) is 3.93. The molecule has 1 aliphatic rings. The Morgan fingerprint density at radius 3 is 2.18 bits per heavy atom. The molecule has 144 valence electrons. The summed E-state index contributed by atoms with van der Waals surface area (Å²) in [6.07, 6.45) is 1.19. The minimum absolute atomic E-state index is 0.109. The number of piperazine rings is 1. The van der Waals surface area contributed by atoms with Crippen molar-refractivity contribution < 1.29 is 9.72 Å². The smallest absolute Gasteiger partial charge is 0.269 e. The van der Waals surface area contributed by atoms with Crippen LogP contribution in [0.15, 0.2) is 48.5 Å². The van der Waals surface area contributed by atoms with Crippen molar-refractivity contribution in [3.8, 4) is 6.07 Å². The topological polar surface area (TPSA) is 90.5 Å². The molecule has 0 aromatic heterocycles. The predicted molar refractivity (Wildman–Crippen MR) is 105 cm³/mol. The van der Waals surface area contributed by atoms with Gasteiger partial charge in [0.2, 0.25) is 5.91 Å². The van der Waals surface area contributed by atoms with Gasteiger partial charge in [0.1, 0.15) is 0 Å². The van der Waals surface area contributed by atoms with Gasteiger partial charge in [0.05, 0.1) is 23.0 Å². The molecule has 0 spiro atoms. The molecule has 0 bridgehead atoms. The van der Waals surface area contributed by atoms with Crippen LogP contribution in [0.2, 0.25) is 0 Å². The summed E-state index contributed by atoms with van der Waals surface area (Å²) in [4.78, 5) is 27.0. The fourth-order valence-electron chi connectivity index (χ4n) is 3.28. The Bertz CT molecular complexity index is 864. The van der Waals surface area contributed by atoms with E-state index in [1.165, 1.54) is 12.1 Å². The Labute approximate surface area is 163 Å². The number of hydrogen-bond acceptors (Lipinski definition) is 5. The Hall–Kier alpha value is -3.24. The summed E-state index contributed by atoms with van der Waals surface area (Å²) in [7, 11) is 0. The number of amides is 1. The van der Waals surface area contributed by atoms with E-state index in [4.69, 9.17) is 5.26 Å². The van der Waals surface area contributed by atoms with Gasteiger partial charge in [-0.15, -0.1) is 0 Å². The number of non-ortho nitro benzene ring substituents is 1. The van der Waals surface area contributed by atoms with E-state index in [0.717, 1.165) is 37.2 Å². The standard InChI is InChI=1S/C21H22N4O3/c22-16-19-3-1-18(2-4-19)15-21(26)24-13-11-23(12-14-24)10-9-17-5-7-20(8-6-17)25(27)28/h1-8H,9-15H2. The molecule has 1 amide bonds. The van der Waals surface area contributed by atoms with Crippen LogP contribution in [0.5, 0.6) is 0 Å². The number of nitrogens with zero attached hydrogens (tertiary/aromatic N) is 4. The molecule has 1 heterocycles. The molecule has 3 rings (SSSR count). The quantitative estimate of drug-likeness (QED) is 0.569. The van der Waals surface area contributed by atoms with Crippen molar-refractivity contribution in [1.29, 1.82) is 5.26 Å². The van der Waals surface area contributed by atoms with Crippen LogP contribution in [0.4, 0.5) is 5.69 Å². The number of nitriles is 1. The van der Waals surface area contributed by atoms with Gasteiger partial charge in [-0.3, -0.25) is 19.8 Å². The van der Waals surface area contributed by atoms with Crippen LogP contribution in [0.25, 0.3) is 0 Å². The summed E-state index contributed by atoms with van der Waals surface area (Å²) in [5.41, 5.74) is 2.70. The highest BCUT2D eigenvalue weighted by Gasteiger charge is 2.21. The molecule has 0 saturated carbocycles. The average molecular weight is 378 g/mol. The molecule has 7 heteroatoms. The molecule has 2 aromatic carbocycles. The number of benzene rings is 2. The third-order valence-corrected chi connectivity index (χ3v) is 5.03. The lowest BCUT2D eigenvalue weighted by Gasteiger charge is -2.34. The summed E-state index contributed by atoms with van der Waals surface area (Å²) in [6, 6.07) is 15.9. The lowest BCUT2D eigenvalue weighted by atomic mass is 10.1. The molecule has 0 aliphatic carbocycles. The van der Waals surface area contributed by atoms with Crippen molar-refractivity contribution >= 4 is 11.6 Å². The van der Waals surface area contributed by atoms with Crippen molar-refractivity contribution in [2.24, 2.45) is 0 Å². The van der Waals surface area contributed by atoms with Crippen LogP contribution < -0.4 is 0 Å². The Kier molecular flexibility index (Phi) is 6.35. The highest BCUT2D eigenvalue weighted by Crippen LogP contribution is 2.13. The first-order chi connectivity index (χ1) is 13.5. The number of nitro groups is 1. The molecule has 7 nitrogen and oxygen atoms in total. The minimum Gasteiger partial charge on any atom is -0.340 e. The molecule has 0 unspecified atom stereocenters. The van der Waals surface area contributed by atoms with E-state index in [0.29, 0.717) is 25.1 Å². The second-order valence-corrected chi connectivity index (χ2v) is 6.88. The maximum atomic E-state index is 12.5. The second-order valence-electron chi connectivity index (χ2n) is 6.88. The number of hydrogen-bond donors (Lipinski definition) is 0. The highest BCUT2D eigenvalue weighted by molar-refractivity contribution is 5.79. The third kappa shape index (κ3) is 5.15. The summed E-state index contributed by atoms with van der Waals surface area (Å²) in [5.74, 6) is 0.111. The molecule has 0 atom stereocenters. The van der Waals surface area contributed by atoms with Gasteiger partial charge >= 0.3 is 0 Å². The first kappa shape index (κ1) is 19.5. The van der Waals surface area contributed by atoms with E-state index >= 15 is 0 Å². The van der Waals surface area contributed by atoms with Gasteiger partial charge < -0.3 is 4.90 Å². The number of carbonyl (C=O) groups is 1. The first-order valence-corrected chi connectivity index (χ1v) is 9.27. The summed E-state index contributed by atoms with van der Waals surface area (Å²) >= 11 is 0. The van der Waals surface area contributed by atoms with E-state index in [2.05, 4.69) is 11.0 Å². The minimum atomic E-state index is -0.391. The van der Waals surface area contributed by atoms with Crippen LogP contribution >= 0.6 is 0 Å². The number of rotatable bonds is 6. The lowest BCUT2D eigenvalue weighted by molar-refractivity contribution is -0.384. The number of carbonyl (C=O) groups excluding carboxylic acids is 1. The molecular formula is C21H22N4O3. The fraction of sp³-hybridized carbons (Fsp3) is 0.333. The Morgan fingerprint density at radius 2 is 1.61 bits per heavy atom. The molecule has 1 aliphatic heterocycles. The van der Waals surface area contributed by atoms with Crippen molar-refractivity contribution in [3.63, 3.8) is 0 Å². The van der Waals surface area contributed by atoms with Crippen molar-refractivity contribution in [2.45, 2.75) is 12.8 Å². The zero-order chi connectivity index (χ0) is 19.9. The summed E-state index contributed by atoms with van der Waals surface area (Å²) in [5, 5.41) is 19.5. The van der Waals surface area contributed by atoms with Crippen molar-refractivity contribution in [2.75, 3.05) is 32.7 Å². The van der Waals surface area contributed by atoms with Crippen LogP contribution in [0, 0.1) is 21.4 Å². The van der Waals surface area contributed by atoms with Gasteiger partial charge in [-0.25, -0.2) is 0 Å². The van der Waals surface area contributed by atoms with E-state index < -0.39 is 4.92 Å². The molecule has 1 fully saturated rings. The fourth-order valence-corrected chi connectivity index (χ4v) is 3.28. The average Bonchev–Trinajstić information content (AvgIpc) is 2.73. The van der Waals surface area contributed by atoms with Crippen LogP contribution in [0.3, 0.4) is 0 Å². The number of nitro benzene ring substituents is 1. The van der Waals surface area contributed by atoms with Crippen molar-refractivity contribution in [3.05, 3.63) is 75.3 Å². The maximum absolute atomic E-state index is 12.5. The van der Waals surface area contributed by atoms with E-state index in [9.17, 15) is 14.9 Å². The van der Waals surface area contributed by atoms with Gasteiger partial charge in [0, 0.05) is 44.9 Å². The van der Waals surface area contributed by atoms with Crippen molar-refractivity contribution in [1.82, 2.24) is 9.80 Å². The molecule has 28 heavy (non-hydrogen) atoms. The molecule has 0 N–H and O–H groups in total. The van der Waals surface area contributed by atoms with Gasteiger partial charge in [-0.1, -0.05) is 24.3 Å². The van der Waals surface area contributed by atoms with Crippen LogP contribution in [-0.2, 0) is 17.6 Å². The van der Waals surface area contributed by atoms with Crippen LogP contribution in [0.1, 0.15) is 16.7 Å². The molecular weight excluding hydrogens is 356 g/mol. The Balaban J connectivity index is 1.42. The Morgan fingerprint density at radius 1 is 1.00 bits per heavy atom. The zero-order valence-corrected chi connectivity index (χ0v) is 15.6. The zero-order valence-electron chi connectivity index (χ0n) is 15.6. The van der Waals surface area contributed by atoms with Gasteiger partial charge in [-0.2, -0.15) is 5.26 Å². The van der Waals surface area contributed by atoms with E-state index in [1.807, 2.05) is 17.0 Å². The monoisotopic (exact) mass is 378 g/mol. The van der Waals surface area contributed by atoms with Gasteiger partial charge in [0.15, 0.2) is 0 Å².